The maximum Gasteiger partial charge on any atom is 0.254 e. The zero-order chi connectivity index (χ0) is 18.7. The highest BCUT2D eigenvalue weighted by Gasteiger charge is 2.24. The normalized spacial score (nSPS) is 15.1. The van der Waals surface area contributed by atoms with Crippen molar-refractivity contribution in [1.29, 1.82) is 0 Å². The lowest BCUT2D eigenvalue weighted by Gasteiger charge is -2.34. The zero-order valence-corrected chi connectivity index (χ0v) is 15.0. The van der Waals surface area contributed by atoms with Gasteiger partial charge in [0.1, 0.15) is 5.76 Å². The Balaban J connectivity index is 1.51. The minimum Gasteiger partial charge on any atom is -0.399 e. The summed E-state index contributed by atoms with van der Waals surface area (Å²) in [5.74, 6) is 0.893. The predicted molar refractivity (Wildman–Crippen MR) is 97.8 cm³/mol. The van der Waals surface area contributed by atoms with Crippen molar-refractivity contribution >= 4 is 23.3 Å². The number of aromatic nitrogens is 1. The maximum absolute atomic E-state index is 12.7. The number of anilines is 2. The number of piperazine rings is 1. The molecule has 8 heteroatoms. The Kier molecular flexibility index (Phi) is 5.22. The van der Waals surface area contributed by atoms with Gasteiger partial charge in [-0.15, -0.1) is 0 Å². The summed E-state index contributed by atoms with van der Waals surface area (Å²) < 4.78 is 4.92. The number of amides is 2. The summed E-state index contributed by atoms with van der Waals surface area (Å²) in [4.78, 5) is 28.6. The molecule has 1 aromatic carbocycles. The Morgan fingerprint density at radius 1 is 1.19 bits per heavy atom. The maximum atomic E-state index is 12.7. The summed E-state index contributed by atoms with van der Waals surface area (Å²) in [5.41, 5.74) is 7.93. The molecule has 26 heavy (non-hydrogen) atoms. The van der Waals surface area contributed by atoms with E-state index in [9.17, 15) is 9.59 Å². The first-order chi connectivity index (χ1) is 12.4. The molecule has 1 saturated heterocycles. The smallest absolute Gasteiger partial charge is 0.254 e. The lowest BCUT2D eigenvalue weighted by atomic mass is 10.1. The SMILES string of the molecule is Cc1cc(NC(=O)CN2CCN(C(=O)c3cc(N)ccc3C)CC2)no1. The highest BCUT2D eigenvalue weighted by Crippen LogP contribution is 2.16. The van der Waals surface area contributed by atoms with Crippen molar-refractivity contribution in [3.8, 4) is 0 Å². The molecular formula is C18H23N5O3. The molecule has 1 fully saturated rings. The van der Waals surface area contributed by atoms with Gasteiger partial charge in [-0.1, -0.05) is 11.2 Å². The number of nitrogen functional groups attached to an aromatic ring is 1. The monoisotopic (exact) mass is 357 g/mol. The van der Waals surface area contributed by atoms with E-state index in [-0.39, 0.29) is 18.4 Å². The molecule has 3 rings (SSSR count). The average Bonchev–Trinajstić information content (AvgIpc) is 3.01. The van der Waals surface area contributed by atoms with E-state index >= 15 is 0 Å². The van der Waals surface area contributed by atoms with Gasteiger partial charge in [0.25, 0.3) is 5.91 Å². The van der Waals surface area contributed by atoms with E-state index < -0.39 is 0 Å². The van der Waals surface area contributed by atoms with Gasteiger partial charge >= 0.3 is 0 Å². The van der Waals surface area contributed by atoms with E-state index in [1.807, 2.05) is 17.9 Å². The molecule has 0 radical (unpaired) electrons. The quantitative estimate of drug-likeness (QED) is 0.799. The number of hydrogen-bond acceptors (Lipinski definition) is 6. The van der Waals surface area contributed by atoms with Gasteiger partial charge in [0.05, 0.1) is 6.54 Å². The molecule has 1 aliphatic rings. The molecule has 3 N–H and O–H groups in total. The third-order valence-electron chi connectivity index (χ3n) is 4.41. The first-order valence-corrected chi connectivity index (χ1v) is 8.53. The first-order valence-electron chi connectivity index (χ1n) is 8.53. The topological polar surface area (TPSA) is 105 Å². The third kappa shape index (κ3) is 4.20. The zero-order valence-electron chi connectivity index (χ0n) is 15.0. The van der Waals surface area contributed by atoms with Gasteiger partial charge in [-0.05, 0) is 31.5 Å². The largest absolute Gasteiger partial charge is 0.399 e. The van der Waals surface area contributed by atoms with Gasteiger partial charge in [-0.2, -0.15) is 0 Å². The second kappa shape index (κ2) is 7.57. The molecule has 1 aliphatic heterocycles. The van der Waals surface area contributed by atoms with Gasteiger partial charge in [-0.3, -0.25) is 14.5 Å². The Morgan fingerprint density at radius 3 is 2.58 bits per heavy atom. The van der Waals surface area contributed by atoms with Crippen LogP contribution in [0.4, 0.5) is 11.5 Å². The minimum absolute atomic E-state index is 0.0167. The van der Waals surface area contributed by atoms with Crippen molar-refractivity contribution in [3.63, 3.8) is 0 Å². The Bertz CT molecular complexity index is 809. The van der Waals surface area contributed by atoms with Crippen molar-refractivity contribution in [3.05, 3.63) is 41.2 Å². The number of benzene rings is 1. The van der Waals surface area contributed by atoms with Crippen LogP contribution in [0.3, 0.4) is 0 Å². The van der Waals surface area contributed by atoms with Gasteiger partial charge in [0, 0.05) is 43.5 Å². The van der Waals surface area contributed by atoms with Crippen LogP contribution in [0.25, 0.3) is 0 Å². The standard InChI is InChI=1S/C18H23N5O3/c1-12-3-4-14(19)10-15(12)18(25)23-7-5-22(6-8-23)11-17(24)20-16-9-13(2)26-21-16/h3-4,9-10H,5-8,11,19H2,1-2H3,(H,20,21,24). The molecule has 0 saturated carbocycles. The molecule has 2 heterocycles. The molecule has 0 spiro atoms. The van der Waals surface area contributed by atoms with E-state index in [1.165, 1.54) is 0 Å². The van der Waals surface area contributed by atoms with Crippen molar-refractivity contribution in [2.24, 2.45) is 0 Å². The first kappa shape index (κ1) is 17.9. The lowest BCUT2D eigenvalue weighted by Crippen LogP contribution is -2.50. The highest BCUT2D eigenvalue weighted by atomic mass is 16.5. The van der Waals surface area contributed by atoms with Crippen LogP contribution < -0.4 is 11.1 Å². The van der Waals surface area contributed by atoms with E-state index in [4.69, 9.17) is 10.3 Å². The molecule has 0 bridgehead atoms. The van der Waals surface area contributed by atoms with Crippen molar-refractivity contribution in [2.45, 2.75) is 13.8 Å². The summed E-state index contributed by atoms with van der Waals surface area (Å²) in [6.45, 7) is 6.34. The third-order valence-corrected chi connectivity index (χ3v) is 4.41. The minimum atomic E-state index is -0.148. The van der Waals surface area contributed by atoms with Crippen LogP contribution in [0.15, 0.2) is 28.8 Å². The van der Waals surface area contributed by atoms with Crippen molar-refractivity contribution in [1.82, 2.24) is 15.0 Å². The van der Waals surface area contributed by atoms with Gasteiger partial charge in [-0.25, -0.2) is 0 Å². The molecule has 1 aromatic heterocycles. The fraction of sp³-hybridized carbons (Fsp3) is 0.389. The molecule has 2 amide bonds. The Hall–Kier alpha value is -2.87. The van der Waals surface area contributed by atoms with Crippen LogP contribution in [0.5, 0.6) is 0 Å². The number of carbonyl (C=O) groups is 2. The number of nitrogens with one attached hydrogen (secondary N) is 1. The van der Waals surface area contributed by atoms with Gasteiger partial charge in [0.2, 0.25) is 5.91 Å². The summed E-state index contributed by atoms with van der Waals surface area (Å²) >= 11 is 0. The van der Waals surface area contributed by atoms with E-state index in [1.54, 1.807) is 30.0 Å². The number of nitrogens with two attached hydrogens (primary N) is 1. The van der Waals surface area contributed by atoms with E-state index in [0.717, 1.165) is 5.56 Å². The van der Waals surface area contributed by atoms with Crippen LogP contribution in [0.1, 0.15) is 21.7 Å². The second-order valence-electron chi connectivity index (χ2n) is 6.51. The van der Waals surface area contributed by atoms with Gasteiger partial charge in [0.15, 0.2) is 5.82 Å². The summed E-state index contributed by atoms with van der Waals surface area (Å²) in [5, 5.41) is 6.45. The summed E-state index contributed by atoms with van der Waals surface area (Å²) in [7, 11) is 0. The second-order valence-corrected chi connectivity index (χ2v) is 6.51. The number of nitrogens with zero attached hydrogens (tertiary/aromatic N) is 3. The molecule has 2 aromatic rings. The molecular weight excluding hydrogens is 334 g/mol. The number of hydrogen-bond donors (Lipinski definition) is 2. The van der Waals surface area contributed by atoms with Crippen molar-refractivity contribution in [2.75, 3.05) is 43.8 Å². The van der Waals surface area contributed by atoms with Crippen molar-refractivity contribution < 1.29 is 14.1 Å². The van der Waals surface area contributed by atoms with Crippen LogP contribution in [-0.2, 0) is 4.79 Å². The summed E-state index contributed by atoms with van der Waals surface area (Å²) in [6, 6.07) is 7.04. The Morgan fingerprint density at radius 2 is 1.92 bits per heavy atom. The molecule has 0 aliphatic carbocycles. The molecule has 0 atom stereocenters. The number of carbonyl (C=O) groups excluding carboxylic acids is 2. The molecule has 0 unspecified atom stereocenters. The number of aryl methyl sites for hydroxylation is 2. The van der Waals surface area contributed by atoms with E-state index in [0.29, 0.717) is 49.0 Å². The number of rotatable bonds is 4. The van der Waals surface area contributed by atoms with Crippen LogP contribution in [0, 0.1) is 13.8 Å². The average molecular weight is 357 g/mol. The van der Waals surface area contributed by atoms with Crippen LogP contribution in [-0.4, -0.2) is 59.5 Å². The molecule has 8 nitrogen and oxygen atoms in total. The fourth-order valence-electron chi connectivity index (χ4n) is 2.96. The van der Waals surface area contributed by atoms with E-state index in [2.05, 4.69) is 10.5 Å². The predicted octanol–water partition coefficient (Wildman–Crippen LogP) is 1.27. The molecule has 138 valence electrons. The Labute approximate surface area is 151 Å². The lowest BCUT2D eigenvalue weighted by molar-refractivity contribution is -0.117. The van der Waals surface area contributed by atoms with Crippen LogP contribution >= 0.6 is 0 Å². The highest BCUT2D eigenvalue weighted by molar-refractivity contribution is 5.96. The van der Waals surface area contributed by atoms with Gasteiger partial charge < -0.3 is 20.5 Å². The fourth-order valence-corrected chi connectivity index (χ4v) is 2.96. The van der Waals surface area contributed by atoms with Crippen LogP contribution in [0.2, 0.25) is 0 Å². The summed E-state index contributed by atoms with van der Waals surface area (Å²) in [6.07, 6.45) is 0.